The van der Waals surface area contributed by atoms with Crippen molar-refractivity contribution >= 4 is 5.91 Å². The van der Waals surface area contributed by atoms with Crippen LogP contribution < -0.4 is 10.1 Å². The second-order valence-electron chi connectivity index (χ2n) is 5.23. The number of hydrogen-bond donors (Lipinski definition) is 2. The van der Waals surface area contributed by atoms with Gasteiger partial charge in [-0.15, -0.1) is 0 Å². The first kappa shape index (κ1) is 15.8. The Balaban J connectivity index is 2.02. The van der Waals surface area contributed by atoms with Crippen LogP contribution in [0.3, 0.4) is 0 Å². The van der Waals surface area contributed by atoms with Crippen molar-refractivity contribution in [3.8, 4) is 5.75 Å². The van der Waals surface area contributed by atoms with Gasteiger partial charge in [0.2, 0.25) is 0 Å². The highest BCUT2D eigenvalue weighted by molar-refractivity contribution is 5.94. The Hall–Kier alpha value is -1.59. The quantitative estimate of drug-likeness (QED) is 0.794. The summed E-state index contributed by atoms with van der Waals surface area (Å²) in [5, 5.41) is 12.6. The molecule has 2 N–H and O–H groups in total. The van der Waals surface area contributed by atoms with Gasteiger partial charge in [0.25, 0.3) is 5.91 Å². The van der Waals surface area contributed by atoms with Gasteiger partial charge in [0.1, 0.15) is 5.75 Å². The summed E-state index contributed by atoms with van der Waals surface area (Å²) in [7, 11) is 0. The molecule has 116 valence electrons. The molecule has 2 rings (SSSR count). The first-order valence-corrected chi connectivity index (χ1v) is 7.61. The maximum atomic E-state index is 12.5. The number of carbonyl (C=O) groups excluding carboxylic acids is 1. The largest absolute Gasteiger partial charge is 0.494 e. The number of nitrogens with zero attached hydrogens (tertiary/aromatic N) is 1. The molecular formula is C16H24N2O3. The molecule has 5 heteroatoms. The maximum absolute atomic E-state index is 12.5. The van der Waals surface area contributed by atoms with Crippen LogP contribution in [0, 0.1) is 0 Å². The summed E-state index contributed by atoms with van der Waals surface area (Å²) >= 11 is 0. The molecule has 0 aromatic heterocycles. The molecule has 0 saturated carbocycles. The molecule has 0 spiro atoms. The van der Waals surface area contributed by atoms with E-state index in [1.807, 2.05) is 19.1 Å². The molecule has 1 aromatic rings. The zero-order chi connectivity index (χ0) is 15.1. The molecular weight excluding hydrogens is 268 g/mol. The van der Waals surface area contributed by atoms with Gasteiger partial charge in [-0.05, 0) is 50.6 Å². The number of amides is 1. The van der Waals surface area contributed by atoms with E-state index in [0.717, 1.165) is 25.1 Å². The van der Waals surface area contributed by atoms with Crippen molar-refractivity contribution in [2.75, 3.05) is 32.8 Å². The fourth-order valence-corrected chi connectivity index (χ4v) is 2.62. The minimum Gasteiger partial charge on any atom is -0.494 e. The van der Waals surface area contributed by atoms with E-state index in [1.54, 1.807) is 17.0 Å². The van der Waals surface area contributed by atoms with Gasteiger partial charge in [-0.25, -0.2) is 0 Å². The minimum absolute atomic E-state index is 0.0184. The number of ether oxygens (including phenoxy) is 1. The number of aliphatic hydroxyl groups excluding tert-OH is 1. The summed E-state index contributed by atoms with van der Waals surface area (Å²) in [5.74, 6) is 0.723. The first-order valence-electron chi connectivity index (χ1n) is 7.61. The number of carbonyl (C=O) groups is 1. The summed E-state index contributed by atoms with van der Waals surface area (Å²) in [4.78, 5) is 14.3. The molecule has 1 saturated heterocycles. The SMILES string of the molecule is CCOc1ccc(C(=O)N(CCO)CC2CCCN2)cc1. The monoisotopic (exact) mass is 292 g/mol. The lowest BCUT2D eigenvalue weighted by molar-refractivity contribution is 0.0706. The van der Waals surface area contributed by atoms with Gasteiger partial charge in [-0.1, -0.05) is 0 Å². The molecule has 21 heavy (non-hydrogen) atoms. The molecule has 1 aliphatic rings. The van der Waals surface area contributed by atoms with Gasteiger partial charge >= 0.3 is 0 Å². The molecule has 1 amide bonds. The second kappa shape index (κ2) is 8.00. The van der Waals surface area contributed by atoms with Crippen molar-refractivity contribution in [3.63, 3.8) is 0 Å². The van der Waals surface area contributed by atoms with Crippen molar-refractivity contribution in [3.05, 3.63) is 29.8 Å². The number of benzene rings is 1. The number of aliphatic hydroxyl groups is 1. The van der Waals surface area contributed by atoms with Crippen LogP contribution in [0.25, 0.3) is 0 Å². The molecule has 1 unspecified atom stereocenters. The Labute approximate surface area is 125 Å². The molecule has 0 radical (unpaired) electrons. The van der Waals surface area contributed by atoms with Crippen molar-refractivity contribution in [1.82, 2.24) is 10.2 Å². The van der Waals surface area contributed by atoms with E-state index in [2.05, 4.69) is 5.32 Å². The van der Waals surface area contributed by atoms with Crippen LogP contribution in [0.2, 0.25) is 0 Å². The summed E-state index contributed by atoms with van der Waals surface area (Å²) in [6.45, 7) is 4.54. The van der Waals surface area contributed by atoms with Gasteiger partial charge in [0.05, 0.1) is 13.2 Å². The molecule has 1 aliphatic heterocycles. The van der Waals surface area contributed by atoms with E-state index in [4.69, 9.17) is 4.74 Å². The van der Waals surface area contributed by atoms with Crippen LogP contribution in [0.15, 0.2) is 24.3 Å². The number of rotatable bonds is 7. The second-order valence-corrected chi connectivity index (χ2v) is 5.23. The fraction of sp³-hybridized carbons (Fsp3) is 0.562. The van der Waals surface area contributed by atoms with Gasteiger partial charge in [-0.3, -0.25) is 4.79 Å². The highest BCUT2D eigenvalue weighted by Gasteiger charge is 2.22. The highest BCUT2D eigenvalue weighted by atomic mass is 16.5. The average Bonchev–Trinajstić information content (AvgIpc) is 3.00. The van der Waals surface area contributed by atoms with Crippen LogP contribution >= 0.6 is 0 Å². The summed E-state index contributed by atoms with van der Waals surface area (Å²) in [6, 6.07) is 7.51. The lowest BCUT2D eigenvalue weighted by Crippen LogP contribution is -2.42. The maximum Gasteiger partial charge on any atom is 0.253 e. The van der Waals surface area contributed by atoms with Crippen molar-refractivity contribution < 1.29 is 14.6 Å². The predicted molar refractivity (Wildman–Crippen MR) is 81.6 cm³/mol. The van der Waals surface area contributed by atoms with Crippen LogP contribution in [0.5, 0.6) is 5.75 Å². The van der Waals surface area contributed by atoms with E-state index in [-0.39, 0.29) is 12.5 Å². The van der Waals surface area contributed by atoms with Crippen molar-refractivity contribution in [2.45, 2.75) is 25.8 Å². The zero-order valence-electron chi connectivity index (χ0n) is 12.5. The van der Waals surface area contributed by atoms with Crippen LogP contribution in [0.1, 0.15) is 30.1 Å². The van der Waals surface area contributed by atoms with E-state index in [9.17, 15) is 9.90 Å². The predicted octanol–water partition coefficient (Wildman–Crippen LogP) is 1.27. The minimum atomic E-state index is -0.0409. The fourth-order valence-electron chi connectivity index (χ4n) is 2.62. The lowest BCUT2D eigenvalue weighted by Gasteiger charge is -2.25. The van der Waals surface area contributed by atoms with Gasteiger partial charge in [0.15, 0.2) is 0 Å². The third-order valence-electron chi connectivity index (χ3n) is 3.67. The molecule has 1 heterocycles. The van der Waals surface area contributed by atoms with Gasteiger partial charge in [0, 0.05) is 24.7 Å². The van der Waals surface area contributed by atoms with Gasteiger partial charge < -0.3 is 20.1 Å². The molecule has 0 bridgehead atoms. The zero-order valence-corrected chi connectivity index (χ0v) is 12.5. The Bertz CT molecular complexity index is 441. The Kier molecular flexibility index (Phi) is 6.02. The highest BCUT2D eigenvalue weighted by Crippen LogP contribution is 2.15. The van der Waals surface area contributed by atoms with Crippen molar-refractivity contribution in [1.29, 1.82) is 0 Å². The Morgan fingerprint density at radius 2 is 2.19 bits per heavy atom. The first-order chi connectivity index (χ1) is 10.2. The number of hydrogen-bond acceptors (Lipinski definition) is 4. The lowest BCUT2D eigenvalue weighted by atomic mass is 10.1. The standard InChI is InChI=1S/C16H24N2O3/c1-2-21-15-7-5-13(6-8-15)16(20)18(10-11-19)12-14-4-3-9-17-14/h5-8,14,17,19H,2-4,9-12H2,1H3. The average molecular weight is 292 g/mol. The van der Waals surface area contributed by atoms with E-state index in [1.165, 1.54) is 0 Å². The summed E-state index contributed by atoms with van der Waals surface area (Å²) in [6.07, 6.45) is 2.23. The summed E-state index contributed by atoms with van der Waals surface area (Å²) in [5.41, 5.74) is 0.630. The normalized spacial score (nSPS) is 17.7. The van der Waals surface area contributed by atoms with Crippen LogP contribution in [0.4, 0.5) is 0 Å². The molecule has 1 aromatic carbocycles. The number of nitrogens with one attached hydrogen (secondary N) is 1. The van der Waals surface area contributed by atoms with Crippen LogP contribution in [-0.4, -0.2) is 54.8 Å². The molecule has 1 atom stereocenters. The van der Waals surface area contributed by atoms with Crippen LogP contribution in [-0.2, 0) is 0 Å². The smallest absolute Gasteiger partial charge is 0.253 e. The van der Waals surface area contributed by atoms with E-state index < -0.39 is 0 Å². The van der Waals surface area contributed by atoms with Gasteiger partial charge in [-0.2, -0.15) is 0 Å². The topological polar surface area (TPSA) is 61.8 Å². The Morgan fingerprint density at radius 1 is 1.43 bits per heavy atom. The summed E-state index contributed by atoms with van der Waals surface area (Å²) < 4.78 is 5.38. The molecule has 1 fully saturated rings. The molecule has 5 nitrogen and oxygen atoms in total. The van der Waals surface area contributed by atoms with E-state index in [0.29, 0.717) is 31.3 Å². The Morgan fingerprint density at radius 3 is 2.76 bits per heavy atom. The third-order valence-corrected chi connectivity index (χ3v) is 3.67. The van der Waals surface area contributed by atoms with Crippen molar-refractivity contribution in [2.24, 2.45) is 0 Å². The molecule has 0 aliphatic carbocycles. The third kappa shape index (κ3) is 4.44. The van der Waals surface area contributed by atoms with E-state index >= 15 is 0 Å².